The molecule has 0 radical (unpaired) electrons. The molecule has 1 atom stereocenters. The van der Waals surface area contributed by atoms with Crippen LogP contribution < -0.4 is 11.1 Å². The summed E-state index contributed by atoms with van der Waals surface area (Å²) in [6.07, 6.45) is 2.36. The summed E-state index contributed by atoms with van der Waals surface area (Å²) in [6, 6.07) is 0. The van der Waals surface area contributed by atoms with Gasteiger partial charge >= 0.3 is 0 Å². The molecule has 0 saturated carbocycles. The van der Waals surface area contributed by atoms with E-state index in [0.717, 1.165) is 19.3 Å². The first-order chi connectivity index (χ1) is 6.55. The third kappa shape index (κ3) is 3.27. The number of carbonyl (C=O) groups is 1. The lowest BCUT2D eigenvalue weighted by molar-refractivity contribution is -0.131. The van der Waals surface area contributed by atoms with Crippen molar-refractivity contribution in [3.63, 3.8) is 0 Å². The van der Waals surface area contributed by atoms with Crippen molar-refractivity contribution >= 4 is 5.91 Å². The molecular formula is C10H20N2O2. The third-order valence-corrected chi connectivity index (χ3v) is 2.45. The first-order valence-corrected chi connectivity index (χ1v) is 5.19. The minimum atomic E-state index is -0.243. The highest BCUT2D eigenvalue weighted by atomic mass is 16.5. The fraction of sp³-hybridized carbons (Fsp3) is 0.900. The molecule has 1 aliphatic rings. The molecule has 1 unspecified atom stereocenters. The summed E-state index contributed by atoms with van der Waals surface area (Å²) in [7, 11) is 0. The molecule has 1 aliphatic heterocycles. The number of nitrogens with one attached hydrogen (secondary N) is 1. The lowest BCUT2D eigenvalue weighted by Crippen LogP contribution is -2.48. The van der Waals surface area contributed by atoms with Crippen molar-refractivity contribution in [1.29, 1.82) is 0 Å². The van der Waals surface area contributed by atoms with Crippen LogP contribution in [0.15, 0.2) is 0 Å². The quantitative estimate of drug-likeness (QED) is 0.691. The molecule has 1 saturated heterocycles. The Balaban J connectivity index is 2.38. The van der Waals surface area contributed by atoms with Crippen LogP contribution in [-0.2, 0) is 9.53 Å². The second-order valence-corrected chi connectivity index (χ2v) is 4.41. The van der Waals surface area contributed by atoms with E-state index in [-0.39, 0.29) is 17.6 Å². The monoisotopic (exact) mass is 200 g/mol. The molecule has 0 aromatic carbocycles. The van der Waals surface area contributed by atoms with Gasteiger partial charge in [0.25, 0.3) is 0 Å². The predicted octanol–water partition coefficient (Wildman–Crippen LogP) is 0.409. The Labute approximate surface area is 85.2 Å². The van der Waals surface area contributed by atoms with E-state index in [4.69, 9.17) is 10.5 Å². The van der Waals surface area contributed by atoms with E-state index in [1.54, 1.807) is 0 Å². The van der Waals surface area contributed by atoms with E-state index in [1.165, 1.54) is 0 Å². The SMILES string of the molecule is CC(C)(CCN)NC(=O)C1CCCO1. The van der Waals surface area contributed by atoms with Crippen LogP contribution >= 0.6 is 0 Å². The highest BCUT2D eigenvalue weighted by molar-refractivity contribution is 5.81. The number of amides is 1. The summed E-state index contributed by atoms with van der Waals surface area (Å²) in [5.41, 5.74) is 5.24. The number of carbonyl (C=O) groups excluding carboxylic acids is 1. The Hall–Kier alpha value is -0.610. The van der Waals surface area contributed by atoms with Gasteiger partial charge in [-0.25, -0.2) is 0 Å². The molecule has 1 rings (SSSR count). The predicted molar refractivity (Wildman–Crippen MR) is 54.9 cm³/mol. The van der Waals surface area contributed by atoms with Gasteiger partial charge in [-0.1, -0.05) is 0 Å². The second kappa shape index (κ2) is 4.75. The zero-order chi connectivity index (χ0) is 10.6. The normalized spacial score (nSPS) is 22.4. The maximum atomic E-state index is 11.7. The average Bonchev–Trinajstić information content (AvgIpc) is 2.53. The lowest BCUT2D eigenvalue weighted by atomic mass is 10.0. The molecule has 14 heavy (non-hydrogen) atoms. The first-order valence-electron chi connectivity index (χ1n) is 5.19. The number of hydrogen-bond acceptors (Lipinski definition) is 3. The van der Waals surface area contributed by atoms with Gasteiger partial charge in [0.2, 0.25) is 5.91 Å². The average molecular weight is 200 g/mol. The van der Waals surface area contributed by atoms with Crippen LogP contribution in [0.1, 0.15) is 33.1 Å². The molecule has 0 aromatic rings. The fourth-order valence-corrected chi connectivity index (χ4v) is 1.62. The molecule has 0 bridgehead atoms. The first kappa shape index (κ1) is 11.5. The van der Waals surface area contributed by atoms with Crippen LogP contribution in [0.2, 0.25) is 0 Å². The summed E-state index contributed by atoms with van der Waals surface area (Å²) < 4.78 is 5.30. The maximum absolute atomic E-state index is 11.7. The zero-order valence-corrected chi connectivity index (χ0v) is 9.01. The standard InChI is InChI=1S/C10H20N2O2/c1-10(2,5-6-11)12-9(13)8-4-3-7-14-8/h8H,3-7,11H2,1-2H3,(H,12,13). The number of nitrogens with two attached hydrogens (primary N) is 1. The molecular weight excluding hydrogens is 180 g/mol. The van der Waals surface area contributed by atoms with Crippen LogP contribution in [-0.4, -0.2) is 30.7 Å². The van der Waals surface area contributed by atoms with E-state index in [0.29, 0.717) is 13.2 Å². The molecule has 0 aliphatic carbocycles. The summed E-state index contributed by atoms with van der Waals surface area (Å²) in [5, 5.41) is 2.96. The van der Waals surface area contributed by atoms with E-state index < -0.39 is 0 Å². The molecule has 82 valence electrons. The number of rotatable bonds is 4. The van der Waals surface area contributed by atoms with Gasteiger partial charge in [-0.15, -0.1) is 0 Å². The van der Waals surface area contributed by atoms with E-state index >= 15 is 0 Å². The maximum Gasteiger partial charge on any atom is 0.249 e. The molecule has 0 aromatic heterocycles. The van der Waals surface area contributed by atoms with Gasteiger partial charge in [0.05, 0.1) is 0 Å². The van der Waals surface area contributed by atoms with Crippen molar-refractivity contribution in [3.8, 4) is 0 Å². The van der Waals surface area contributed by atoms with Crippen LogP contribution in [0, 0.1) is 0 Å². The summed E-state index contributed by atoms with van der Waals surface area (Å²) in [5.74, 6) is 0.000880. The topological polar surface area (TPSA) is 64.3 Å². The van der Waals surface area contributed by atoms with Crippen molar-refractivity contribution in [2.45, 2.75) is 44.8 Å². The molecule has 1 heterocycles. The second-order valence-electron chi connectivity index (χ2n) is 4.41. The zero-order valence-electron chi connectivity index (χ0n) is 9.01. The Bertz CT molecular complexity index is 198. The van der Waals surface area contributed by atoms with Crippen molar-refractivity contribution in [2.75, 3.05) is 13.2 Å². The van der Waals surface area contributed by atoms with Crippen LogP contribution in [0.4, 0.5) is 0 Å². The molecule has 1 fully saturated rings. The van der Waals surface area contributed by atoms with Gasteiger partial charge in [-0.05, 0) is 39.7 Å². The van der Waals surface area contributed by atoms with Gasteiger partial charge in [-0.2, -0.15) is 0 Å². The van der Waals surface area contributed by atoms with Crippen molar-refractivity contribution in [3.05, 3.63) is 0 Å². The van der Waals surface area contributed by atoms with Gasteiger partial charge in [0.15, 0.2) is 0 Å². The summed E-state index contributed by atoms with van der Waals surface area (Å²) in [6.45, 7) is 5.24. The van der Waals surface area contributed by atoms with Gasteiger partial charge in [0.1, 0.15) is 6.10 Å². The van der Waals surface area contributed by atoms with Gasteiger partial charge in [0, 0.05) is 12.1 Å². The number of ether oxygens (including phenoxy) is 1. The van der Waals surface area contributed by atoms with E-state index in [2.05, 4.69) is 5.32 Å². The highest BCUT2D eigenvalue weighted by Crippen LogP contribution is 2.14. The molecule has 0 spiro atoms. The smallest absolute Gasteiger partial charge is 0.249 e. The van der Waals surface area contributed by atoms with Crippen molar-refractivity contribution < 1.29 is 9.53 Å². The largest absolute Gasteiger partial charge is 0.368 e. The van der Waals surface area contributed by atoms with Crippen molar-refractivity contribution in [2.24, 2.45) is 5.73 Å². The van der Waals surface area contributed by atoms with Gasteiger partial charge in [-0.3, -0.25) is 4.79 Å². The molecule has 3 N–H and O–H groups in total. The van der Waals surface area contributed by atoms with Gasteiger partial charge < -0.3 is 15.8 Å². The minimum Gasteiger partial charge on any atom is -0.368 e. The van der Waals surface area contributed by atoms with Crippen molar-refractivity contribution in [1.82, 2.24) is 5.32 Å². The van der Waals surface area contributed by atoms with E-state index in [9.17, 15) is 4.79 Å². The highest BCUT2D eigenvalue weighted by Gasteiger charge is 2.28. The molecule has 4 heteroatoms. The number of hydrogen-bond donors (Lipinski definition) is 2. The van der Waals surface area contributed by atoms with E-state index in [1.807, 2.05) is 13.8 Å². The summed E-state index contributed by atoms with van der Waals surface area (Å²) >= 11 is 0. The summed E-state index contributed by atoms with van der Waals surface area (Å²) in [4.78, 5) is 11.7. The Morgan fingerprint density at radius 3 is 2.86 bits per heavy atom. The van der Waals surface area contributed by atoms with Crippen LogP contribution in [0.25, 0.3) is 0 Å². The lowest BCUT2D eigenvalue weighted by Gasteiger charge is -2.27. The Morgan fingerprint density at radius 1 is 1.64 bits per heavy atom. The molecule has 1 amide bonds. The van der Waals surface area contributed by atoms with Crippen LogP contribution in [0.5, 0.6) is 0 Å². The minimum absolute atomic E-state index is 0.000880. The third-order valence-electron chi connectivity index (χ3n) is 2.45. The van der Waals surface area contributed by atoms with Crippen LogP contribution in [0.3, 0.4) is 0 Å². The Morgan fingerprint density at radius 2 is 2.36 bits per heavy atom. The Kier molecular flexibility index (Phi) is 3.89. The molecule has 4 nitrogen and oxygen atoms in total. The fourth-order valence-electron chi connectivity index (χ4n) is 1.62.